The molecule has 0 saturated heterocycles. The third-order valence-corrected chi connectivity index (χ3v) is 3.10. The Labute approximate surface area is 111 Å². The molecule has 0 bridgehead atoms. The van der Waals surface area contributed by atoms with Crippen molar-refractivity contribution in [3.8, 4) is 0 Å². The van der Waals surface area contributed by atoms with Gasteiger partial charge in [-0.3, -0.25) is 0 Å². The summed E-state index contributed by atoms with van der Waals surface area (Å²) < 4.78 is 1.02. The Hall–Kier alpha value is -1.03. The average Bonchev–Trinajstić information content (AvgIpc) is 2.18. The zero-order valence-corrected chi connectivity index (χ0v) is 12.0. The Balaban J connectivity index is 2.65. The number of amides is 1. The van der Waals surface area contributed by atoms with Crippen molar-refractivity contribution in [1.29, 1.82) is 0 Å². The van der Waals surface area contributed by atoms with E-state index in [0.717, 1.165) is 10.0 Å². The van der Waals surface area contributed by atoms with E-state index in [1.54, 1.807) is 0 Å². The fourth-order valence-electron chi connectivity index (χ4n) is 1.59. The molecule has 17 heavy (non-hydrogen) atoms. The average molecular weight is 299 g/mol. The maximum Gasteiger partial charge on any atom is 0.137 e. The van der Waals surface area contributed by atoms with E-state index in [9.17, 15) is 9.90 Å². The van der Waals surface area contributed by atoms with Crippen LogP contribution in [0.25, 0.3) is 0 Å². The number of nitrogens with zero attached hydrogens (tertiary/aromatic N) is 1. The number of benzene rings is 1. The van der Waals surface area contributed by atoms with Gasteiger partial charge in [-0.05, 0) is 44.9 Å². The fraction of sp³-hybridized carbons (Fsp3) is 0.462. The van der Waals surface area contributed by atoms with Crippen LogP contribution in [0.2, 0.25) is 0 Å². The van der Waals surface area contributed by atoms with Gasteiger partial charge in [-0.1, -0.05) is 28.1 Å². The van der Waals surface area contributed by atoms with E-state index >= 15 is 0 Å². The minimum atomic E-state index is -1.12. The van der Waals surface area contributed by atoms with Gasteiger partial charge in [0.25, 0.3) is 0 Å². The van der Waals surface area contributed by atoms with Gasteiger partial charge in [0.15, 0.2) is 0 Å². The molecule has 1 rings (SSSR count). The van der Waals surface area contributed by atoms with Crippen molar-refractivity contribution >= 4 is 22.0 Å². The van der Waals surface area contributed by atoms with E-state index in [-0.39, 0.29) is 0 Å². The number of carboxylic acid groups (broad SMARTS) is 1. The number of carbonyl (C=O) groups is 1. The van der Waals surface area contributed by atoms with Crippen LogP contribution in [-0.2, 0) is 6.42 Å². The van der Waals surface area contributed by atoms with Crippen LogP contribution < -0.4 is 5.11 Å². The fourth-order valence-corrected chi connectivity index (χ4v) is 1.86. The number of hydrogen-bond acceptors (Lipinski definition) is 2. The largest absolute Gasteiger partial charge is 0.530 e. The van der Waals surface area contributed by atoms with Crippen LogP contribution in [0.1, 0.15) is 26.3 Å². The third kappa shape index (κ3) is 4.38. The van der Waals surface area contributed by atoms with Crippen LogP contribution in [0.4, 0.5) is 4.79 Å². The standard InChI is InChI=1S/C13H18BrNO2/c1-13(2,3)15(12(16)17)9-8-10-4-6-11(14)7-5-10/h4-7H,8-9H2,1-3H3,(H,16,17)/p-1. The minimum Gasteiger partial charge on any atom is -0.530 e. The van der Waals surface area contributed by atoms with Crippen LogP contribution in [-0.4, -0.2) is 23.1 Å². The first-order chi connectivity index (χ1) is 7.80. The highest BCUT2D eigenvalue weighted by Crippen LogP contribution is 2.15. The Bertz CT molecular complexity index is 381. The molecule has 0 heterocycles. The summed E-state index contributed by atoms with van der Waals surface area (Å²) in [5.74, 6) is 0. The summed E-state index contributed by atoms with van der Waals surface area (Å²) in [6, 6.07) is 7.88. The monoisotopic (exact) mass is 298 g/mol. The molecule has 0 unspecified atom stereocenters. The van der Waals surface area contributed by atoms with Crippen LogP contribution >= 0.6 is 15.9 Å². The molecule has 0 radical (unpaired) electrons. The van der Waals surface area contributed by atoms with Crippen LogP contribution in [0.15, 0.2) is 28.7 Å². The van der Waals surface area contributed by atoms with Crippen molar-refractivity contribution in [2.75, 3.05) is 6.54 Å². The Morgan fingerprint density at radius 2 is 1.82 bits per heavy atom. The van der Waals surface area contributed by atoms with E-state index in [2.05, 4.69) is 15.9 Å². The van der Waals surface area contributed by atoms with Crippen LogP contribution in [0.3, 0.4) is 0 Å². The second kappa shape index (κ2) is 5.54. The van der Waals surface area contributed by atoms with Crippen LogP contribution in [0.5, 0.6) is 0 Å². The lowest BCUT2D eigenvalue weighted by Gasteiger charge is -2.38. The van der Waals surface area contributed by atoms with E-state index in [1.165, 1.54) is 4.90 Å². The maximum atomic E-state index is 11.0. The molecule has 1 aromatic rings. The van der Waals surface area contributed by atoms with Gasteiger partial charge in [0.2, 0.25) is 0 Å². The molecule has 0 spiro atoms. The zero-order chi connectivity index (χ0) is 13.1. The first kappa shape index (κ1) is 14.0. The molecular formula is C13H17BrNO2-. The van der Waals surface area contributed by atoms with Crippen LogP contribution in [0, 0.1) is 0 Å². The minimum absolute atomic E-state index is 0.422. The highest BCUT2D eigenvalue weighted by Gasteiger charge is 2.20. The Kier molecular flexibility index (Phi) is 4.57. The topological polar surface area (TPSA) is 43.4 Å². The van der Waals surface area contributed by atoms with Gasteiger partial charge in [-0.25, -0.2) is 0 Å². The molecule has 0 aliphatic carbocycles. The quantitative estimate of drug-likeness (QED) is 0.860. The SMILES string of the molecule is CC(C)(C)N(CCc1ccc(Br)cc1)C(=O)[O-]. The highest BCUT2D eigenvalue weighted by molar-refractivity contribution is 9.10. The smallest absolute Gasteiger partial charge is 0.137 e. The summed E-state index contributed by atoms with van der Waals surface area (Å²) in [6.45, 7) is 6.05. The molecule has 1 amide bonds. The van der Waals surface area contributed by atoms with E-state index < -0.39 is 11.6 Å². The Morgan fingerprint density at radius 1 is 1.29 bits per heavy atom. The molecule has 0 aliphatic rings. The molecule has 0 aromatic heterocycles. The molecule has 0 saturated carbocycles. The summed E-state index contributed by atoms with van der Waals surface area (Å²) in [4.78, 5) is 12.4. The normalized spacial score (nSPS) is 11.3. The molecule has 94 valence electrons. The second-order valence-corrected chi connectivity index (χ2v) is 5.88. The lowest BCUT2D eigenvalue weighted by atomic mass is 10.1. The van der Waals surface area contributed by atoms with Gasteiger partial charge in [0.05, 0.1) is 0 Å². The van der Waals surface area contributed by atoms with Crippen molar-refractivity contribution < 1.29 is 9.90 Å². The van der Waals surface area contributed by atoms with Gasteiger partial charge < -0.3 is 14.8 Å². The van der Waals surface area contributed by atoms with Crippen molar-refractivity contribution in [1.82, 2.24) is 4.90 Å². The predicted octanol–water partition coefficient (Wildman–Crippen LogP) is 2.44. The number of halogens is 1. The van der Waals surface area contributed by atoms with Gasteiger partial charge in [-0.2, -0.15) is 0 Å². The molecule has 1 aromatic carbocycles. The molecule has 0 fully saturated rings. The van der Waals surface area contributed by atoms with Gasteiger partial charge in [-0.15, -0.1) is 0 Å². The highest BCUT2D eigenvalue weighted by atomic mass is 79.9. The molecule has 3 nitrogen and oxygen atoms in total. The molecule has 4 heteroatoms. The first-order valence-electron chi connectivity index (χ1n) is 5.54. The molecule has 0 N–H and O–H groups in total. The Morgan fingerprint density at radius 3 is 2.24 bits per heavy atom. The summed E-state index contributed by atoms with van der Waals surface area (Å²) in [5.41, 5.74) is 0.692. The van der Waals surface area contributed by atoms with Gasteiger partial charge in [0.1, 0.15) is 6.09 Å². The van der Waals surface area contributed by atoms with E-state index in [4.69, 9.17) is 0 Å². The van der Waals surface area contributed by atoms with Crippen molar-refractivity contribution in [3.63, 3.8) is 0 Å². The lowest BCUT2D eigenvalue weighted by Crippen LogP contribution is -2.52. The second-order valence-electron chi connectivity index (χ2n) is 4.96. The lowest BCUT2D eigenvalue weighted by molar-refractivity contribution is -0.270. The van der Waals surface area contributed by atoms with Crippen molar-refractivity contribution in [3.05, 3.63) is 34.3 Å². The van der Waals surface area contributed by atoms with E-state index in [0.29, 0.717) is 13.0 Å². The van der Waals surface area contributed by atoms with Crippen molar-refractivity contribution in [2.45, 2.75) is 32.7 Å². The molecule has 0 aliphatic heterocycles. The number of carbonyl (C=O) groups excluding carboxylic acids is 1. The number of rotatable bonds is 3. The first-order valence-corrected chi connectivity index (χ1v) is 6.33. The zero-order valence-electron chi connectivity index (χ0n) is 10.4. The van der Waals surface area contributed by atoms with Gasteiger partial charge in [0, 0.05) is 16.6 Å². The molecule has 0 atom stereocenters. The summed E-state index contributed by atoms with van der Waals surface area (Å²) in [7, 11) is 0. The predicted molar refractivity (Wildman–Crippen MR) is 69.7 cm³/mol. The molecular weight excluding hydrogens is 282 g/mol. The van der Waals surface area contributed by atoms with E-state index in [1.807, 2.05) is 45.0 Å². The number of hydrogen-bond donors (Lipinski definition) is 0. The van der Waals surface area contributed by atoms with Crippen molar-refractivity contribution in [2.24, 2.45) is 0 Å². The summed E-state index contributed by atoms with van der Waals surface area (Å²) in [5, 5.41) is 11.0. The maximum absolute atomic E-state index is 11.0. The third-order valence-electron chi connectivity index (χ3n) is 2.57. The van der Waals surface area contributed by atoms with Gasteiger partial charge >= 0.3 is 0 Å². The summed E-state index contributed by atoms with van der Waals surface area (Å²) in [6.07, 6.45) is -0.423. The summed E-state index contributed by atoms with van der Waals surface area (Å²) >= 11 is 3.37.